The summed E-state index contributed by atoms with van der Waals surface area (Å²) in [5.41, 5.74) is 2.37. The number of piperazine rings is 1. The first-order chi connectivity index (χ1) is 14.7. The van der Waals surface area contributed by atoms with Crippen LogP contribution in [0.25, 0.3) is 0 Å². The molecule has 6 heteroatoms. The van der Waals surface area contributed by atoms with Crippen LogP contribution in [-0.4, -0.2) is 56.3 Å². The number of benzene rings is 2. The Bertz CT molecular complexity index is 927. The molecule has 1 aromatic heterocycles. The number of anilines is 3. The maximum Gasteiger partial charge on any atom is 0.142 e. The molecular formula is C24H27IN4O. The number of aromatic nitrogens is 1. The number of nitrogens with zero attached hydrogens (tertiary/aromatic N) is 4. The molecule has 0 radical (unpaired) electrons. The highest BCUT2D eigenvalue weighted by Gasteiger charge is 2.20. The summed E-state index contributed by atoms with van der Waals surface area (Å²) in [6, 6.07) is 23.0. The monoisotopic (exact) mass is 514 g/mol. The van der Waals surface area contributed by atoms with Gasteiger partial charge in [0, 0.05) is 54.7 Å². The van der Waals surface area contributed by atoms with Crippen LogP contribution in [0.5, 0.6) is 5.75 Å². The van der Waals surface area contributed by atoms with E-state index < -0.39 is 0 Å². The van der Waals surface area contributed by atoms with Crippen LogP contribution in [0.4, 0.5) is 17.2 Å². The first-order valence-corrected chi connectivity index (χ1v) is 11.4. The summed E-state index contributed by atoms with van der Waals surface area (Å²) in [5.74, 6) is 1.94. The fourth-order valence-electron chi connectivity index (χ4n) is 3.86. The number of rotatable bonds is 7. The summed E-state index contributed by atoms with van der Waals surface area (Å²) >= 11 is 2.35. The molecule has 0 atom stereocenters. The molecule has 2 heterocycles. The van der Waals surface area contributed by atoms with E-state index in [1.165, 1.54) is 14.9 Å². The lowest BCUT2D eigenvalue weighted by atomic mass is 10.2. The highest BCUT2D eigenvalue weighted by atomic mass is 127. The second-order valence-corrected chi connectivity index (χ2v) is 8.56. The lowest BCUT2D eigenvalue weighted by molar-refractivity contribution is 0.263. The van der Waals surface area contributed by atoms with Crippen molar-refractivity contribution < 1.29 is 4.74 Å². The quantitative estimate of drug-likeness (QED) is 0.429. The van der Waals surface area contributed by atoms with Gasteiger partial charge in [-0.15, -0.1) is 0 Å². The van der Waals surface area contributed by atoms with Crippen molar-refractivity contribution in [3.63, 3.8) is 0 Å². The molecule has 0 saturated carbocycles. The van der Waals surface area contributed by atoms with Gasteiger partial charge < -0.3 is 14.5 Å². The fourth-order valence-corrected chi connectivity index (χ4v) is 4.21. The van der Waals surface area contributed by atoms with Gasteiger partial charge in [-0.25, -0.2) is 4.98 Å². The van der Waals surface area contributed by atoms with E-state index in [1.54, 1.807) is 7.11 Å². The van der Waals surface area contributed by atoms with E-state index in [0.29, 0.717) is 0 Å². The highest BCUT2D eigenvalue weighted by molar-refractivity contribution is 14.1. The van der Waals surface area contributed by atoms with Crippen LogP contribution in [0.1, 0.15) is 0 Å². The van der Waals surface area contributed by atoms with E-state index in [9.17, 15) is 0 Å². The maximum atomic E-state index is 5.54. The predicted octanol–water partition coefficient (Wildman–Crippen LogP) is 4.66. The van der Waals surface area contributed by atoms with Crippen molar-refractivity contribution in [2.75, 3.05) is 56.2 Å². The summed E-state index contributed by atoms with van der Waals surface area (Å²) in [6.07, 6.45) is 1.86. The van der Waals surface area contributed by atoms with E-state index in [0.717, 1.165) is 50.8 Å². The topological polar surface area (TPSA) is 31.8 Å². The third-order valence-electron chi connectivity index (χ3n) is 5.50. The second kappa shape index (κ2) is 10.1. The summed E-state index contributed by atoms with van der Waals surface area (Å²) in [7, 11) is 1.74. The van der Waals surface area contributed by atoms with Gasteiger partial charge in [0.05, 0.1) is 12.8 Å². The van der Waals surface area contributed by atoms with Gasteiger partial charge in [0.15, 0.2) is 0 Å². The van der Waals surface area contributed by atoms with Crippen molar-refractivity contribution in [2.45, 2.75) is 0 Å². The van der Waals surface area contributed by atoms with E-state index in [-0.39, 0.29) is 0 Å². The molecule has 0 unspecified atom stereocenters. The number of ether oxygens (including phenoxy) is 1. The van der Waals surface area contributed by atoms with E-state index >= 15 is 0 Å². The zero-order valence-corrected chi connectivity index (χ0v) is 19.4. The van der Waals surface area contributed by atoms with Crippen LogP contribution in [0, 0.1) is 3.57 Å². The molecule has 1 aliphatic rings. The third-order valence-corrected chi connectivity index (χ3v) is 6.22. The molecule has 30 heavy (non-hydrogen) atoms. The molecular weight excluding hydrogens is 487 g/mol. The van der Waals surface area contributed by atoms with Gasteiger partial charge in [-0.05, 0) is 71.1 Å². The summed E-state index contributed by atoms with van der Waals surface area (Å²) in [6.45, 7) is 6.01. The average molecular weight is 514 g/mol. The van der Waals surface area contributed by atoms with E-state index in [1.807, 2.05) is 30.5 Å². The predicted molar refractivity (Wildman–Crippen MR) is 132 cm³/mol. The number of hydrogen-bond acceptors (Lipinski definition) is 5. The average Bonchev–Trinajstić information content (AvgIpc) is 2.81. The Morgan fingerprint density at radius 3 is 2.37 bits per heavy atom. The Morgan fingerprint density at radius 2 is 1.67 bits per heavy atom. The Morgan fingerprint density at radius 1 is 0.933 bits per heavy atom. The number of halogens is 1. The number of methoxy groups -OCH3 is 1. The Kier molecular flexibility index (Phi) is 7.07. The van der Waals surface area contributed by atoms with Crippen LogP contribution >= 0.6 is 22.6 Å². The molecule has 2 aromatic carbocycles. The summed E-state index contributed by atoms with van der Waals surface area (Å²) in [5, 5.41) is 0. The van der Waals surface area contributed by atoms with Gasteiger partial charge >= 0.3 is 0 Å². The maximum absolute atomic E-state index is 5.54. The Hall–Kier alpha value is -2.32. The molecule has 0 spiro atoms. The minimum atomic E-state index is 0.909. The van der Waals surface area contributed by atoms with Gasteiger partial charge in [0.1, 0.15) is 11.6 Å². The van der Waals surface area contributed by atoms with Crippen molar-refractivity contribution >= 4 is 39.8 Å². The zero-order chi connectivity index (χ0) is 20.8. The molecule has 5 nitrogen and oxygen atoms in total. The van der Waals surface area contributed by atoms with Crippen molar-refractivity contribution in [1.29, 1.82) is 0 Å². The third kappa shape index (κ3) is 5.05. The smallest absolute Gasteiger partial charge is 0.142 e. The molecule has 4 rings (SSSR count). The first kappa shape index (κ1) is 20.9. The van der Waals surface area contributed by atoms with Crippen LogP contribution < -0.4 is 14.5 Å². The van der Waals surface area contributed by atoms with Crippen LogP contribution in [0.2, 0.25) is 0 Å². The highest BCUT2D eigenvalue weighted by Crippen LogP contribution is 2.28. The number of pyridine rings is 1. The van der Waals surface area contributed by atoms with Gasteiger partial charge in [-0.1, -0.05) is 18.2 Å². The van der Waals surface area contributed by atoms with Crippen molar-refractivity contribution in [2.24, 2.45) is 0 Å². The fraction of sp³-hybridized carbons (Fsp3) is 0.292. The molecule has 0 aliphatic carbocycles. The molecule has 0 amide bonds. The van der Waals surface area contributed by atoms with E-state index in [2.05, 4.69) is 84.7 Å². The molecule has 0 N–H and O–H groups in total. The summed E-state index contributed by atoms with van der Waals surface area (Å²) in [4.78, 5) is 11.9. The molecule has 1 fully saturated rings. The largest absolute Gasteiger partial charge is 0.495 e. The molecule has 1 aliphatic heterocycles. The van der Waals surface area contributed by atoms with Gasteiger partial charge in [0.25, 0.3) is 0 Å². The van der Waals surface area contributed by atoms with Crippen LogP contribution in [0.3, 0.4) is 0 Å². The second-order valence-electron chi connectivity index (χ2n) is 7.32. The zero-order valence-electron chi connectivity index (χ0n) is 17.2. The normalized spacial score (nSPS) is 14.5. The van der Waals surface area contributed by atoms with Gasteiger partial charge in [0.2, 0.25) is 0 Å². The van der Waals surface area contributed by atoms with Crippen LogP contribution in [0.15, 0.2) is 72.9 Å². The SMILES string of the molecule is COc1ccccc1N1CCN(CCN(c2ccc(I)cc2)c2ccccn2)CC1. The number of para-hydroxylation sites is 2. The first-order valence-electron chi connectivity index (χ1n) is 10.3. The molecule has 156 valence electrons. The van der Waals surface area contributed by atoms with Gasteiger partial charge in [-0.2, -0.15) is 0 Å². The lowest BCUT2D eigenvalue weighted by Crippen LogP contribution is -2.48. The van der Waals surface area contributed by atoms with Crippen LogP contribution in [-0.2, 0) is 0 Å². The minimum absolute atomic E-state index is 0.909. The van der Waals surface area contributed by atoms with Gasteiger partial charge in [-0.3, -0.25) is 4.90 Å². The number of hydrogen-bond donors (Lipinski definition) is 0. The standard InChI is InChI=1S/C24H27IN4O/c1-30-23-7-3-2-6-22(23)28-17-14-27(15-18-28)16-19-29(24-8-4-5-13-26-24)21-11-9-20(25)10-12-21/h2-13H,14-19H2,1H3. The Balaban J connectivity index is 1.39. The van der Waals surface area contributed by atoms with Crippen molar-refractivity contribution in [3.05, 3.63) is 76.5 Å². The minimum Gasteiger partial charge on any atom is -0.495 e. The molecule has 3 aromatic rings. The lowest BCUT2D eigenvalue weighted by Gasteiger charge is -2.37. The molecule has 1 saturated heterocycles. The Labute approximate surface area is 192 Å². The molecule has 0 bridgehead atoms. The van der Waals surface area contributed by atoms with E-state index in [4.69, 9.17) is 4.74 Å². The summed E-state index contributed by atoms with van der Waals surface area (Å²) < 4.78 is 6.78. The van der Waals surface area contributed by atoms with Crippen molar-refractivity contribution in [1.82, 2.24) is 9.88 Å². The van der Waals surface area contributed by atoms with Crippen molar-refractivity contribution in [3.8, 4) is 5.75 Å².